The third-order valence-corrected chi connectivity index (χ3v) is 5.91. The lowest BCUT2D eigenvalue weighted by atomic mass is 10.2. The fraction of sp³-hybridized carbons (Fsp3) is 0.556. The van der Waals surface area contributed by atoms with Gasteiger partial charge in [0, 0.05) is 11.8 Å². The van der Waals surface area contributed by atoms with Gasteiger partial charge in [-0.1, -0.05) is 71.5 Å². The topological polar surface area (TPSA) is 48.6 Å². The van der Waals surface area contributed by atoms with Crippen LogP contribution in [0.1, 0.15) is 19.0 Å². The Bertz CT molecular complexity index is 488. The summed E-state index contributed by atoms with van der Waals surface area (Å²) in [6.07, 6.45) is 1.88. The molecule has 0 atom stereocenters. The number of aromatic nitrogens is 2. The number of aromatic amines is 2. The van der Waals surface area contributed by atoms with Gasteiger partial charge in [-0.2, -0.15) is 0 Å². The minimum absolute atomic E-state index is 0. The van der Waals surface area contributed by atoms with E-state index in [1.807, 2.05) is 0 Å². The summed E-state index contributed by atoms with van der Waals surface area (Å²) in [6.45, 7) is 2.05. The monoisotopic (exact) mass is 402 g/mol. The molecule has 19 heavy (non-hydrogen) atoms. The van der Waals surface area contributed by atoms with Crippen molar-refractivity contribution >= 4 is 82.8 Å². The van der Waals surface area contributed by atoms with Gasteiger partial charge in [0.2, 0.25) is 7.33 Å². The van der Waals surface area contributed by atoms with Gasteiger partial charge in [-0.3, -0.25) is 9.78 Å². The number of hydrogen-bond acceptors (Lipinski definition) is 3. The van der Waals surface area contributed by atoms with Crippen LogP contribution in [-0.4, -0.2) is 17.3 Å². The van der Waals surface area contributed by atoms with Crippen LogP contribution in [0, 0.1) is 4.77 Å². The Balaban J connectivity index is 0.000000352. The first kappa shape index (κ1) is 19.9. The Labute approximate surface area is 146 Å². The maximum Gasteiger partial charge on any atom is 0.251 e. The minimum Gasteiger partial charge on any atom is -0.336 e. The molecule has 110 valence electrons. The van der Waals surface area contributed by atoms with Crippen molar-refractivity contribution in [3.8, 4) is 0 Å². The van der Waals surface area contributed by atoms with Gasteiger partial charge in [0.25, 0.3) is 5.56 Å². The normalized spacial score (nSPS) is 17.7. The number of alkyl halides is 4. The molecule has 1 aromatic rings. The van der Waals surface area contributed by atoms with Crippen molar-refractivity contribution in [3.05, 3.63) is 26.9 Å². The number of rotatable bonds is 2. The molecule has 1 aliphatic rings. The van der Waals surface area contributed by atoms with Gasteiger partial charge in [0.05, 0.1) is 0 Å². The highest BCUT2D eigenvalue weighted by Crippen LogP contribution is 2.74. The molecule has 0 amide bonds. The van der Waals surface area contributed by atoms with E-state index in [4.69, 9.17) is 58.6 Å². The quantitative estimate of drug-likeness (QED) is 0.423. The van der Waals surface area contributed by atoms with Crippen LogP contribution in [0.4, 0.5) is 0 Å². The lowest BCUT2D eigenvalue weighted by Crippen LogP contribution is -2.08. The van der Waals surface area contributed by atoms with E-state index in [-0.39, 0.29) is 18.0 Å². The lowest BCUT2D eigenvalue weighted by molar-refractivity contribution is 0.861. The number of thioether (sulfide) groups is 1. The Morgan fingerprint density at radius 3 is 2.05 bits per heavy atom. The molecular formula is C9H11Cl5N2OS2. The fourth-order valence-corrected chi connectivity index (χ4v) is 3.42. The van der Waals surface area contributed by atoms with Crippen LogP contribution < -0.4 is 5.56 Å². The molecule has 0 aromatic carbocycles. The van der Waals surface area contributed by atoms with E-state index in [2.05, 4.69) is 16.9 Å². The van der Waals surface area contributed by atoms with Crippen molar-refractivity contribution in [2.45, 2.75) is 27.1 Å². The second-order valence-electron chi connectivity index (χ2n) is 3.50. The number of nitrogens with one attached hydrogen (secondary N) is 2. The molecule has 0 bridgehead atoms. The number of aryl methyl sites for hydroxylation is 1. The predicted molar refractivity (Wildman–Crippen MR) is 90.0 cm³/mol. The average Bonchev–Trinajstić information content (AvgIpc) is 2.61. The zero-order chi connectivity index (χ0) is 14.0. The Kier molecular flexibility index (Phi) is 8.15. The van der Waals surface area contributed by atoms with Gasteiger partial charge in [-0.15, -0.1) is 12.4 Å². The zero-order valence-electron chi connectivity index (χ0n) is 9.64. The van der Waals surface area contributed by atoms with Crippen LogP contribution in [0.2, 0.25) is 0 Å². The lowest BCUT2D eigenvalue weighted by Gasteiger charge is -1.95. The number of halogens is 5. The average molecular weight is 405 g/mol. The SMILES string of the molecule is CCCc1cc(=O)[nH]c(=S)[nH]1.Cl.ClC1(Cl)SC1(Cl)Cl. The summed E-state index contributed by atoms with van der Waals surface area (Å²) in [4.78, 5) is 16.2. The summed E-state index contributed by atoms with van der Waals surface area (Å²) in [5, 5.41) is 0. The maximum atomic E-state index is 10.8. The molecule has 0 saturated carbocycles. The number of H-pyrrole nitrogens is 2. The predicted octanol–water partition coefficient (Wildman–Crippen LogP) is 4.80. The van der Waals surface area contributed by atoms with Gasteiger partial charge in [0.1, 0.15) is 0 Å². The molecular weight excluding hydrogens is 394 g/mol. The maximum absolute atomic E-state index is 10.8. The van der Waals surface area contributed by atoms with E-state index < -0.39 is 7.33 Å². The van der Waals surface area contributed by atoms with Crippen molar-refractivity contribution < 1.29 is 0 Å². The third-order valence-electron chi connectivity index (χ3n) is 1.89. The Morgan fingerprint density at radius 1 is 1.26 bits per heavy atom. The highest BCUT2D eigenvalue weighted by molar-refractivity contribution is 8.16. The van der Waals surface area contributed by atoms with Gasteiger partial charge in [-0.25, -0.2) is 0 Å². The summed E-state index contributed by atoms with van der Waals surface area (Å²) in [7, 11) is 0. The van der Waals surface area contributed by atoms with Crippen molar-refractivity contribution in [1.29, 1.82) is 0 Å². The molecule has 1 aliphatic heterocycles. The van der Waals surface area contributed by atoms with Crippen molar-refractivity contribution in [2.24, 2.45) is 0 Å². The molecule has 0 radical (unpaired) electrons. The van der Waals surface area contributed by atoms with E-state index in [0.29, 0.717) is 4.77 Å². The second-order valence-corrected chi connectivity index (χ2v) is 8.89. The first-order valence-corrected chi connectivity index (χ1v) is 7.70. The molecule has 2 rings (SSSR count). The standard InChI is InChI=1S/C7H10N2OS.C2Cl4S.ClH/c1-2-3-5-4-6(10)9-7(11)8-5;3-1(4)2(5,6)7-1;/h4H,2-3H2,1H3,(H2,8,9,10,11);;1H. The van der Waals surface area contributed by atoms with Gasteiger partial charge in [-0.05, 0) is 18.6 Å². The molecule has 1 saturated heterocycles. The summed E-state index contributed by atoms with van der Waals surface area (Å²) >= 11 is 27.5. The van der Waals surface area contributed by atoms with Crippen molar-refractivity contribution in [2.75, 3.05) is 0 Å². The van der Waals surface area contributed by atoms with E-state index in [0.717, 1.165) is 30.3 Å². The smallest absolute Gasteiger partial charge is 0.251 e. The highest BCUT2D eigenvalue weighted by Gasteiger charge is 2.67. The van der Waals surface area contributed by atoms with Crippen LogP contribution in [0.5, 0.6) is 0 Å². The second kappa shape index (κ2) is 7.78. The van der Waals surface area contributed by atoms with E-state index >= 15 is 0 Å². The summed E-state index contributed by atoms with van der Waals surface area (Å²) in [5.41, 5.74) is 0.776. The molecule has 0 spiro atoms. The highest BCUT2D eigenvalue weighted by atomic mass is 35.5. The Hall–Kier alpha value is 0.900. The molecule has 0 aliphatic carbocycles. The van der Waals surface area contributed by atoms with E-state index in [9.17, 15) is 4.79 Å². The first-order chi connectivity index (χ1) is 8.18. The largest absolute Gasteiger partial charge is 0.336 e. The minimum atomic E-state index is -0.962. The van der Waals surface area contributed by atoms with Gasteiger partial charge < -0.3 is 4.98 Å². The molecule has 2 N–H and O–H groups in total. The first-order valence-electron chi connectivity index (χ1n) is 4.96. The Morgan fingerprint density at radius 2 is 1.74 bits per heavy atom. The van der Waals surface area contributed by atoms with Crippen molar-refractivity contribution in [1.82, 2.24) is 9.97 Å². The summed E-state index contributed by atoms with van der Waals surface area (Å²) in [6, 6.07) is 1.54. The molecule has 10 heteroatoms. The molecule has 0 unspecified atom stereocenters. The van der Waals surface area contributed by atoms with Crippen molar-refractivity contribution in [3.63, 3.8) is 0 Å². The van der Waals surface area contributed by atoms with E-state index in [1.165, 1.54) is 0 Å². The molecule has 3 nitrogen and oxygen atoms in total. The van der Waals surface area contributed by atoms with Crippen LogP contribution in [0.25, 0.3) is 0 Å². The molecule has 1 aromatic heterocycles. The van der Waals surface area contributed by atoms with Crippen LogP contribution in [0.15, 0.2) is 10.9 Å². The fourth-order valence-electron chi connectivity index (χ4n) is 1.06. The number of hydrogen-bond donors (Lipinski definition) is 2. The molecule has 2 heterocycles. The van der Waals surface area contributed by atoms with Crippen LogP contribution >= 0.6 is 82.8 Å². The van der Waals surface area contributed by atoms with Gasteiger partial charge >= 0.3 is 0 Å². The zero-order valence-corrected chi connectivity index (χ0v) is 15.1. The summed E-state index contributed by atoms with van der Waals surface area (Å²) in [5.74, 6) is 0. The van der Waals surface area contributed by atoms with Gasteiger partial charge in [0.15, 0.2) is 4.77 Å². The van der Waals surface area contributed by atoms with Crippen LogP contribution in [0.3, 0.4) is 0 Å². The summed E-state index contributed by atoms with van der Waals surface area (Å²) < 4.78 is -1.52. The third kappa shape index (κ3) is 6.46. The van der Waals surface area contributed by atoms with Crippen LogP contribution in [-0.2, 0) is 6.42 Å². The molecule has 1 fully saturated rings. The van der Waals surface area contributed by atoms with E-state index in [1.54, 1.807) is 6.07 Å².